The highest BCUT2D eigenvalue weighted by molar-refractivity contribution is 14.1. The molecule has 0 aliphatic carbocycles. The number of nitro groups is 3. The van der Waals surface area contributed by atoms with Crippen molar-refractivity contribution in [3.05, 3.63) is 303 Å². The van der Waals surface area contributed by atoms with Gasteiger partial charge in [-0.1, -0.05) is 6.58 Å². The summed E-state index contributed by atoms with van der Waals surface area (Å²) in [5.74, 6) is 0.523. The lowest BCUT2D eigenvalue weighted by Gasteiger charge is -2.25. The van der Waals surface area contributed by atoms with Gasteiger partial charge in [-0.05, 0) is 246 Å². The van der Waals surface area contributed by atoms with Gasteiger partial charge in [-0.2, -0.15) is 0 Å². The number of nitrogen functional groups attached to an aromatic ring is 1. The summed E-state index contributed by atoms with van der Waals surface area (Å²) < 4.78 is 38.7. The number of carbonyl (C=O) groups excluding carboxylic acids is 2. The maximum atomic E-state index is 11.8. The summed E-state index contributed by atoms with van der Waals surface area (Å²) >= 11 is 10.1. The van der Waals surface area contributed by atoms with Gasteiger partial charge in [0, 0.05) is 112 Å². The van der Waals surface area contributed by atoms with Gasteiger partial charge in [-0.3, -0.25) is 60.8 Å². The van der Waals surface area contributed by atoms with Gasteiger partial charge in [0.2, 0.25) is 17.6 Å². The Kier molecular flexibility index (Phi) is 27.8. The van der Waals surface area contributed by atoms with E-state index in [0.29, 0.717) is 75.1 Å². The van der Waals surface area contributed by atoms with Crippen LogP contribution in [0, 0.1) is 53.1 Å². The van der Waals surface area contributed by atoms with Crippen LogP contribution in [0.4, 0.5) is 34.1 Å². The molecule has 33 nitrogen and oxygen atoms in total. The lowest BCUT2D eigenvalue weighted by atomic mass is 10.0. The number of ether oxygens (including phenoxy) is 1. The number of nitro benzene ring substituents is 3. The van der Waals surface area contributed by atoms with Gasteiger partial charge in [0.15, 0.2) is 0 Å². The first kappa shape index (κ1) is 81.9. The van der Waals surface area contributed by atoms with E-state index in [1.54, 1.807) is 66.7 Å². The summed E-state index contributed by atoms with van der Waals surface area (Å²) in [7, 11) is 0. The van der Waals surface area contributed by atoms with Crippen LogP contribution in [0.25, 0.3) is 71.9 Å². The lowest BCUT2D eigenvalue weighted by molar-refractivity contribution is -0.385. The maximum absolute atomic E-state index is 11.8. The molecule has 7 N–H and O–H groups in total. The standard InChI is InChI=1S/C16H15N3O6.C10H7IO2.C9H4INO4.C9H6INO3.C9H4INO3.C9H6INO2.C9H5NO5/c20-14-8-17-9-15(21)18(14)7-1-2-10-11-3-6-16(22)25-13(11)5-4-12(10)19(23)24;1-6-2-3-7-9(13-6)5-4-8(12)10(7)11;10-9-5-1-4-8(12)15-7(5)3-2-6(9)11(13)14;2*10-9-5-1-4-8(12)14-7(5)3-2-6(9)11-13;10-9-5-1-4-8(12)13-7(5)3-2-6(9)11;11-8-4-1-5-7(15-8)3-2-6(9(5)12)10(13)14/h3-6,17H,1-2,7-9H2;2-5,12H,1H2;1-4H;1-4,11,13H;1-4H;1-4H,11H2;1-4,12H. The van der Waals surface area contributed by atoms with Gasteiger partial charge in [-0.25, -0.2) is 28.8 Å². The number of benzene rings is 7. The number of aromatic hydroxyl groups is 2. The molecule has 0 unspecified atom stereocenters. The number of phenols is 2. The van der Waals surface area contributed by atoms with E-state index in [-0.39, 0.29) is 82.8 Å². The Bertz CT molecular complexity index is 6110. The zero-order chi connectivity index (χ0) is 79.1. The van der Waals surface area contributed by atoms with Crippen LogP contribution in [0.2, 0.25) is 0 Å². The number of allylic oxidation sites excluding steroid dienone is 1. The first-order valence-corrected chi connectivity index (χ1v) is 36.1. The second-order valence-electron chi connectivity index (χ2n) is 22.0. The molecule has 15 rings (SSSR count). The van der Waals surface area contributed by atoms with Gasteiger partial charge in [0.05, 0.1) is 46.1 Å². The number of hydrogen-bond acceptors (Lipinski definition) is 29. The zero-order valence-corrected chi connectivity index (χ0v) is 65.7. The van der Waals surface area contributed by atoms with Crippen molar-refractivity contribution in [2.75, 3.05) is 30.8 Å². The van der Waals surface area contributed by atoms with E-state index in [9.17, 15) is 83.8 Å². The van der Waals surface area contributed by atoms with Crippen LogP contribution in [0.3, 0.4) is 0 Å². The molecule has 0 radical (unpaired) electrons. The average molecular weight is 2050 g/mol. The number of aryl methyl sites for hydroxylation is 1. The Labute approximate surface area is 674 Å². The summed E-state index contributed by atoms with van der Waals surface area (Å²) in [6.07, 6.45) is 4.31. The molecule has 1 saturated heterocycles. The fraction of sp³-hybridized carbons (Fsp3) is 0.0704. The third kappa shape index (κ3) is 20.3. The van der Waals surface area contributed by atoms with Crippen molar-refractivity contribution in [2.24, 2.45) is 5.18 Å². The molecule has 0 spiro atoms. The molecule has 2 aliphatic rings. The second kappa shape index (κ2) is 37.1. The highest BCUT2D eigenvalue weighted by atomic mass is 127. The number of carbonyl (C=O) groups is 2. The van der Waals surface area contributed by atoms with E-state index in [1.165, 1.54) is 84.9 Å². The normalized spacial score (nSPS) is 11.9. The predicted octanol–water partition coefficient (Wildman–Crippen LogP) is 14.2. The molecule has 1 fully saturated rings. The van der Waals surface area contributed by atoms with Crippen molar-refractivity contribution < 1.29 is 71.0 Å². The third-order valence-electron chi connectivity index (χ3n) is 15.1. The second-order valence-corrected chi connectivity index (χ2v) is 27.4. The number of amides is 2. The summed E-state index contributed by atoms with van der Waals surface area (Å²) in [6.45, 7) is 4.08. The van der Waals surface area contributed by atoms with Gasteiger partial charge < -0.3 is 47.2 Å². The minimum absolute atomic E-state index is 0.0111. The fourth-order valence-corrected chi connectivity index (χ4v) is 13.6. The molecule has 7 aromatic carbocycles. The van der Waals surface area contributed by atoms with Crippen molar-refractivity contribution >= 4 is 231 Å². The van der Waals surface area contributed by atoms with Crippen LogP contribution in [-0.4, -0.2) is 66.5 Å². The highest BCUT2D eigenvalue weighted by Gasteiger charge is 2.27. The first-order chi connectivity index (χ1) is 52.0. The van der Waals surface area contributed by atoms with E-state index < -0.39 is 48.7 Å². The molecular weight excluding hydrogens is 2000 g/mol. The summed E-state index contributed by atoms with van der Waals surface area (Å²) in [5, 5.41) is 69.3. The fourth-order valence-electron chi connectivity index (χ4n) is 10.1. The van der Waals surface area contributed by atoms with Crippen molar-refractivity contribution in [3.8, 4) is 17.2 Å². The molecular formula is C71H47I5N8O25. The number of hydrogen-bond donors (Lipinski definition) is 6. The van der Waals surface area contributed by atoms with E-state index in [4.69, 9.17) is 42.2 Å². The van der Waals surface area contributed by atoms with Gasteiger partial charge >= 0.3 is 39.4 Å². The maximum Gasteiger partial charge on any atom is 0.336 e. The number of nitrogens with one attached hydrogen (secondary N) is 2. The zero-order valence-electron chi connectivity index (χ0n) is 54.9. The topological polar surface area (TPSA) is 497 Å². The van der Waals surface area contributed by atoms with Crippen LogP contribution < -0.4 is 55.0 Å². The van der Waals surface area contributed by atoms with Crippen LogP contribution in [0.5, 0.6) is 17.2 Å². The van der Waals surface area contributed by atoms with Crippen LogP contribution in [0.1, 0.15) is 17.5 Å². The number of phenolic OH excluding ortho intramolecular Hbond substituents is 2. The SMILES string of the molecule is C=C1C=Cc2c(ccc(O)c2I)O1.Nc1ccc2oc(=O)ccc2c1I.O=C1CNCC(=O)N1CCCc1c([N+](=O)[O-])ccc2oc(=O)ccc12.O=Nc1ccc2oc(=O)ccc2c1I.O=c1ccc2c(I)c(NO)ccc2o1.O=c1ccc2c(I)c([N+](=O)[O-])ccc2o1.O=c1ccc2c(O)c([N+](=O)[O-])ccc2o1. The number of halogens is 5. The van der Waals surface area contributed by atoms with Crippen LogP contribution in [-0.2, 0) is 16.0 Å². The summed E-state index contributed by atoms with van der Waals surface area (Å²) in [6, 6.07) is 37.9. The summed E-state index contributed by atoms with van der Waals surface area (Å²) in [5.41, 5.74) is 9.85. The van der Waals surface area contributed by atoms with Crippen molar-refractivity contribution in [3.63, 3.8) is 0 Å². The van der Waals surface area contributed by atoms with Crippen molar-refractivity contribution in [1.29, 1.82) is 0 Å². The molecule has 8 heterocycles. The molecule has 6 aromatic heterocycles. The van der Waals surface area contributed by atoms with E-state index in [1.807, 2.05) is 51.3 Å². The molecule has 2 amide bonds. The smallest absolute Gasteiger partial charge is 0.336 e. The van der Waals surface area contributed by atoms with E-state index in [0.717, 1.165) is 55.2 Å². The Balaban J connectivity index is 0.000000149. The minimum Gasteiger partial charge on any atom is -0.507 e. The first-order valence-electron chi connectivity index (χ1n) is 30.7. The van der Waals surface area contributed by atoms with Crippen molar-refractivity contribution in [1.82, 2.24) is 10.2 Å². The largest absolute Gasteiger partial charge is 0.507 e. The molecule has 38 heteroatoms. The Morgan fingerprint density at radius 1 is 0.486 bits per heavy atom. The van der Waals surface area contributed by atoms with Crippen LogP contribution >= 0.6 is 113 Å². The quantitative estimate of drug-likeness (QED) is 0.0149. The van der Waals surface area contributed by atoms with Crippen molar-refractivity contribution in [2.45, 2.75) is 12.8 Å². The molecule has 2 aliphatic heterocycles. The van der Waals surface area contributed by atoms with Gasteiger partial charge in [-0.15, -0.1) is 4.91 Å². The number of imide groups is 1. The number of nitrogens with zero attached hydrogens (tertiary/aromatic N) is 5. The number of anilines is 2. The Hall–Kier alpha value is -11.2. The monoisotopic (exact) mass is 2050 g/mol. The molecule has 0 saturated carbocycles. The number of rotatable bonds is 9. The Morgan fingerprint density at radius 2 is 0.899 bits per heavy atom. The van der Waals surface area contributed by atoms with E-state index in [2.05, 4.69) is 90.3 Å². The summed E-state index contributed by atoms with van der Waals surface area (Å²) in [4.78, 5) is 132. The molecule has 13 aromatic rings. The molecule has 556 valence electrons. The molecule has 0 atom stereocenters. The highest BCUT2D eigenvalue weighted by Crippen LogP contribution is 2.37. The number of piperazine rings is 1. The minimum atomic E-state index is -0.708. The van der Waals surface area contributed by atoms with Crippen LogP contribution in [0.15, 0.2) is 237 Å². The third-order valence-corrected chi connectivity index (χ3v) is 20.9. The lowest BCUT2D eigenvalue weighted by Crippen LogP contribution is -2.52. The van der Waals surface area contributed by atoms with Gasteiger partial charge in [0.25, 0.3) is 11.4 Å². The van der Waals surface area contributed by atoms with E-state index >= 15 is 0 Å². The number of fused-ring (bicyclic) bond motifs is 7. The number of nitroso groups, excluding NO2 is 1. The predicted molar refractivity (Wildman–Crippen MR) is 440 cm³/mol. The Morgan fingerprint density at radius 3 is 1.39 bits per heavy atom. The average Bonchev–Trinajstić information content (AvgIpc) is 0.819. The molecule has 109 heavy (non-hydrogen) atoms. The molecule has 0 bridgehead atoms. The van der Waals surface area contributed by atoms with Gasteiger partial charge in [0.1, 0.15) is 60.0 Å². The number of nitrogens with two attached hydrogens (primary N) is 1.